The van der Waals surface area contributed by atoms with E-state index in [2.05, 4.69) is 17.1 Å². The molecule has 0 heterocycles. The van der Waals surface area contributed by atoms with Crippen molar-refractivity contribution in [1.82, 2.24) is 10.2 Å². The van der Waals surface area contributed by atoms with Gasteiger partial charge in [-0.1, -0.05) is 19.8 Å². The molecule has 0 saturated heterocycles. The highest BCUT2D eigenvalue weighted by Crippen LogP contribution is 2.27. The van der Waals surface area contributed by atoms with Crippen LogP contribution in [0.5, 0.6) is 0 Å². The smallest absolute Gasteiger partial charge is 0.0110 e. The van der Waals surface area contributed by atoms with E-state index >= 15 is 0 Å². The number of hydrogen-bond acceptors (Lipinski definition) is 2. The maximum atomic E-state index is 3.59. The average molecular weight is 210 g/mol. The first-order chi connectivity index (χ1) is 7.40. The van der Waals surface area contributed by atoms with Crippen LogP contribution in [0.25, 0.3) is 0 Å². The SMILES string of the molecule is CCN(CCNCC1CC1)C1CCCC1. The van der Waals surface area contributed by atoms with Crippen LogP contribution in [0.15, 0.2) is 0 Å². The molecule has 0 unspecified atom stereocenters. The van der Waals surface area contributed by atoms with E-state index < -0.39 is 0 Å². The van der Waals surface area contributed by atoms with Crippen molar-refractivity contribution in [3.05, 3.63) is 0 Å². The Morgan fingerprint density at radius 2 is 1.87 bits per heavy atom. The van der Waals surface area contributed by atoms with Gasteiger partial charge in [0.25, 0.3) is 0 Å². The molecule has 0 atom stereocenters. The largest absolute Gasteiger partial charge is 0.315 e. The van der Waals surface area contributed by atoms with Crippen LogP contribution in [-0.2, 0) is 0 Å². The van der Waals surface area contributed by atoms with Crippen molar-refractivity contribution in [3.8, 4) is 0 Å². The van der Waals surface area contributed by atoms with Crippen LogP contribution < -0.4 is 5.32 Å². The van der Waals surface area contributed by atoms with Crippen LogP contribution >= 0.6 is 0 Å². The Kier molecular flexibility index (Phi) is 4.45. The highest BCUT2D eigenvalue weighted by Gasteiger charge is 2.22. The third-order valence-corrected chi connectivity index (χ3v) is 3.95. The van der Waals surface area contributed by atoms with Gasteiger partial charge in [-0.05, 0) is 44.7 Å². The summed E-state index contributed by atoms with van der Waals surface area (Å²) in [7, 11) is 0. The van der Waals surface area contributed by atoms with Gasteiger partial charge in [-0.3, -0.25) is 4.90 Å². The molecule has 2 fully saturated rings. The Hall–Kier alpha value is -0.0800. The van der Waals surface area contributed by atoms with E-state index in [1.54, 1.807) is 0 Å². The fourth-order valence-corrected chi connectivity index (χ4v) is 2.72. The summed E-state index contributed by atoms with van der Waals surface area (Å²) in [6.07, 6.45) is 8.72. The number of hydrogen-bond donors (Lipinski definition) is 1. The van der Waals surface area contributed by atoms with E-state index in [1.807, 2.05) is 0 Å². The van der Waals surface area contributed by atoms with Gasteiger partial charge in [0.1, 0.15) is 0 Å². The molecule has 0 radical (unpaired) electrons. The lowest BCUT2D eigenvalue weighted by molar-refractivity contribution is 0.209. The molecule has 0 aromatic rings. The molecule has 0 bridgehead atoms. The Labute approximate surface area is 94.4 Å². The van der Waals surface area contributed by atoms with Crippen LogP contribution in [0, 0.1) is 5.92 Å². The van der Waals surface area contributed by atoms with Crippen molar-refractivity contribution >= 4 is 0 Å². The molecule has 88 valence electrons. The van der Waals surface area contributed by atoms with Gasteiger partial charge in [0.05, 0.1) is 0 Å². The summed E-state index contributed by atoms with van der Waals surface area (Å²) < 4.78 is 0. The minimum Gasteiger partial charge on any atom is -0.315 e. The lowest BCUT2D eigenvalue weighted by Gasteiger charge is -2.27. The molecule has 2 aliphatic rings. The number of nitrogens with one attached hydrogen (secondary N) is 1. The summed E-state index contributed by atoms with van der Waals surface area (Å²) in [5.74, 6) is 1.02. The average Bonchev–Trinajstić information content (AvgIpc) is 2.92. The fraction of sp³-hybridized carbons (Fsp3) is 1.00. The summed E-state index contributed by atoms with van der Waals surface area (Å²) in [4.78, 5) is 2.67. The van der Waals surface area contributed by atoms with Gasteiger partial charge in [0.15, 0.2) is 0 Å². The van der Waals surface area contributed by atoms with Crippen molar-refractivity contribution in [2.24, 2.45) is 5.92 Å². The van der Waals surface area contributed by atoms with E-state index in [4.69, 9.17) is 0 Å². The lowest BCUT2D eigenvalue weighted by Crippen LogP contribution is -2.38. The van der Waals surface area contributed by atoms with Crippen LogP contribution in [-0.4, -0.2) is 37.1 Å². The van der Waals surface area contributed by atoms with Crippen molar-refractivity contribution in [2.45, 2.75) is 51.5 Å². The Balaban J connectivity index is 1.56. The van der Waals surface area contributed by atoms with E-state index in [0.717, 1.165) is 12.0 Å². The van der Waals surface area contributed by atoms with Crippen LogP contribution in [0.3, 0.4) is 0 Å². The summed E-state index contributed by atoms with van der Waals surface area (Å²) in [5.41, 5.74) is 0. The normalized spacial score (nSPS) is 22.8. The highest BCUT2D eigenvalue weighted by atomic mass is 15.2. The zero-order valence-corrected chi connectivity index (χ0v) is 10.2. The van der Waals surface area contributed by atoms with Crippen LogP contribution in [0.1, 0.15) is 45.4 Å². The standard InChI is InChI=1S/C13H26N2/c1-2-15(13-5-3-4-6-13)10-9-14-11-12-7-8-12/h12-14H,2-11H2,1H3. The van der Waals surface area contributed by atoms with Crippen molar-refractivity contribution < 1.29 is 0 Å². The minimum absolute atomic E-state index is 0.901. The highest BCUT2D eigenvalue weighted by molar-refractivity contribution is 4.78. The molecule has 2 nitrogen and oxygen atoms in total. The molecule has 2 heteroatoms. The molecular formula is C13H26N2. The van der Waals surface area contributed by atoms with Crippen molar-refractivity contribution in [3.63, 3.8) is 0 Å². The lowest BCUT2D eigenvalue weighted by atomic mass is 10.2. The predicted molar refractivity (Wildman–Crippen MR) is 65.1 cm³/mol. The molecule has 2 saturated carbocycles. The van der Waals surface area contributed by atoms with Gasteiger partial charge < -0.3 is 5.32 Å². The van der Waals surface area contributed by atoms with E-state index in [9.17, 15) is 0 Å². The van der Waals surface area contributed by atoms with Gasteiger partial charge in [-0.2, -0.15) is 0 Å². The zero-order chi connectivity index (χ0) is 10.5. The molecule has 0 aromatic carbocycles. The first-order valence-electron chi connectivity index (χ1n) is 6.85. The van der Waals surface area contributed by atoms with E-state index in [0.29, 0.717) is 0 Å². The number of nitrogens with zero attached hydrogens (tertiary/aromatic N) is 1. The summed E-state index contributed by atoms with van der Waals surface area (Å²) in [6, 6.07) is 0.901. The molecular weight excluding hydrogens is 184 g/mol. The van der Waals surface area contributed by atoms with Gasteiger partial charge >= 0.3 is 0 Å². The Bertz CT molecular complexity index is 171. The minimum atomic E-state index is 0.901. The number of likely N-dealkylation sites (N-methyl/N-ethyl adjacent to an activating group) is 1. The van der Waals surface area contributed by atoms with Gasteiger partial charge in [0, 0.05) is 19.1 Å². The predicted octanol–water partition coefficient (Wildman–Crippen LogP) is 2.25. The first-order valence-corrected chi connectivity index (χ1v) is 6.85. The molecule has 0 amide bonds. The van der Waals surface area contributed by atoms with Gasteiger partial charge in [0.2, 0.25) is 0 Å². The molecule has 0 spiro atoms. The quantitative estimate of drug-likeness (QED) is 0.648. The van der Waals surface area contributed by atoms with Crippen LogP contribution in [0.4, 0.5) is 0 Å². The number of rotatable bonds is 7. The second kappa shape index (κ2) is 5.86. The molecule has 2 rings (SSSR count). The van der Waals surface area contributed by atoms with Crippen LogP contribution in [0.2, 0.25) is 0 Å². The monoisotopic (exact) mass is 210 g/mol. The Morgan fingerprint density at radius 3 is 2.47 bits per heavy atom. The van der Waals surface area contributed by atoms with E-state index in [1.165, 1.54) is 64.7 Å². The third-order valence-electron chi connectivity index (χ3n) is 3.95. The molecule has 0 aromatic heterocycles. The summed E-state index contributed by atoms with van der Waals surface area (Å²) in [5, 5.41) is 3.59. The second-order valence-corrected chi connectivity index (χ2v) is 5.21. The topological polar surface area (TPSA) is 15.3 Å². The van der Waals surface area contributed by atoms with Gasteiger partial charge in [-0.15, -0.1) is 0 Å². The molecule has 2 aliphatic carbocycles. The Morgan fingerprint density at radius 1 is 1.13 bits per heavy atom. The fourth-order valence-electron chi connectivity index (χ4n) is 2.72. The van der Waals surface area contributed by atoms with Gasteiger partial charge in [-0.25, -0.2) is 0 Å². The van der Waals surface area contributed by atoms with E-state index in [-0.39, 0.29) is 0 Å². The molecule has 15 heavy (non-hydrogen) atoms. The second-order valence-electron chi connectivity index (χ2n) is 5.21. The summed E-state index contributed by atoms with van der Waals surface area (Å²) >= 11 is 0. The maximum absolute atomic E-state index is 3.59. The molecule has 1 N–H and O–H groups in total. The third kappa shape index (κ3) is 3.76. The van der Waals surface area contributed by atoms with Crippen molar-refractivity contribution in [2.75, 3.05) is 26.2 Å². The molecule has 0 aliphatic heterocycles. The van der Waals surface area contributed by atoms with Crippen molar-refractivity contribution in [1.29, 1.82) is 0 Å². The zero-order valence-electron chi connectivity index (χ0n) is 10.2. The summed E-state index contributed by atoms with van der Waals surface area (Å²) in [6.45, 7) is 7.26. The first kappa shape index (κ1) is 11.4. The maximum Gasteiger partial charge on any atom is 0.0110 e.